The summed E-state index contributed by atoms with van der Waals surface area (Å²) >= 11 is 4.91. The molecule has 0 aliphatic rings. The van der Waals surface area contributed by atoms with E-state index in [1.54, 1.807) is 24.3 Å². The fourth-order valence-electron chi connectivity index (χ4n) is 1.67. The van der Waals surface area contributed by atoms with Crippen LogP contribution < -0.4 is 11.1 Å². The van der Waals surface area contributed by atoms with Crippen LogP contribution in [0.3, 0.4) is 0 Å². The van der Waals surface area contributed by atoms with Gasteiger partial charge >= 0.3 is 0 Å². The first-order valence-electron chi connectivity index (χ1n) is 5.75. The van der Waals surface area contributed by atoms with Crippen LogP contribution in [0.1, 0.15) is 19.4 Å². The van der Waals surface area contributed by atoms with Gasteiger partial charge in [0.1, 0.15) is 0 Å². The van der Waals surface area contributed by atoms with E-state index in [-0.39, 0.29) is 23.4 Å². The Labute approximate surface area is 112 Å². The minimum atomic E-state index is -0.475. The first-order chi connectivity index (χ1) is 8.45. The molecule has 0 heterocycles. The number of carbonyl (C=O) groups excluding carboxylic acids is 1. The molecule has 1 atom stereocenters. The number of hydrogen-bond acceptors (Lipinski definition) is 3. The van der Waals surface area contributed by atoms with Gasteiger partial charge in [0.15, 0.2) is 0 Å². The number of hydrogen-bond donors (Lipinski definition) is 3. The summed E-state index contributed by atoms with van der Waals surface area (Å²) < 4.78 is 0. The zero-order chi connectivity index (χ0) is 13.7. The largest absolute Gasteiger partial charge is 0.393 e. The van der Waals surface area contributed by atoms with Crippen molar-refractivity contribution in [1.82, 2.24) is 0 Å². The predicted octanol–water partition coefficient (Wildman–Crippen LogP) is 1.68. The second kappa shape index (κ2) is 6.47. The van der Waals surface area contributed by atoms with Crippen LogP contribution in [0, 0.1) is 11.8 Å². The normalized spacial score (nSPS) is 12.2. The maximum Gasteiger partial charge on any atom is 0.234 e. The Morgan fingerprint density at radius 3 is 2.33 bits per heavy atom. The number of nitrogens with one attached hydrogen (secondary N) is 1. The third kappa shape index (κ3) is 3.78. The SMILES string of the molecule is CC(C)C(C(=O)Nc1ccc(CO)cc1)C(N)=S. The molecule has 0 saturated heterocycles. The van der Waals surface area contributed by atoms with E-state index in [1.807, 2.05) is 13.8 Å². The van der Waals surface area contributed by atoms with Gasteiger partial charge in [-0.25, -0.2) is 0 Å². The van der Waals surface area contributed by atoms with Crippen LogP contribution in [0.2, 0.25) is 0 Å². The second-order valence-electron chi connectivity index (χ2n) is 4.47. The van der Waals surface area contributed by atoms with Gasteiger partial charge in [-0.1, -0.05) is 38.2 Å². The van der Waals surface area contributed by atoms with E-state index in [0.29, 0.717) is 5.69 Å². The van der Waals surface area contributed by atoms with Crippen molar-refractivity contribution in [3.05, 3.63) is 29.8 Å². The Balaban J connectivity index is 2.76. The maximum absolute atomic E-state index is 12.0. The highest BCUT2D eigenvalue weighted by Gasteiger charge is 2.24. The van der Waals surface area contributed by atoms with Crippen molar-refractivity contribution >= 4 is 28.8 Å². The molecule has 1 amide bonds. The monoisotopic (exact) mass is 266 g/mol. The van der Waals surface area contributed by atoms with Crippen LogP contribution in [0.25, 0.3) is 0 Å². The smallest absolute Gasteiger partial charge is 0.234 e. The number of anilines is 1. The number of aliphatic hydroxyl groups excluding tert-OH is 1. The lowest BCUT2D eigenvalue weighted by Crippen LogP contribution is -2.36. The first kappa shape index (κ1) is 14.6. The predicted molar refractivity (Wildman–Crippen MR) is 76.1 cm³/mol. The molecule has 4 N–H and O–H groups in total. The molecule has 0 aliphatic heterocycles. The first-order valence-corrected chi connectivity index (χ1v) is 6.16. The van der Waals surface area contributed by atoms with Crippen LogP contribution in [-0.4, -0.2) is 16.0 Å². The van der Waals surface area contributed by atoms with Gasteiger partial charge in [-0.15, -0.1) is 0 Å². The van der Waals surface area contributed by atoms with Gasteiger partial charge in [0.05, 0.1) is 17.5 Å². The third-order valence-corrected chi connectivity index (χ3v) is 2.91. The quantitative estimate of drug-likeness (QED) is 0.709. The van der Waals surface area contributed by atoms with Crippen molar-refractivity contribution in [3.8, 4) is 0 Å². The molecule has 1 rings (SSSR count). The molecule has 0 aliphatic carbocycles. The highest BCUT2D eigenvalue weighted by atomic mass is 32.1. The topological polar surface area (TPSA) is 75.3 Å². The molecule has 1 aromatic carbocycles. The molecule has 1 unspecified atom stereocenters. The second-order valence-corrected chi connectivity index (χ2v) is 4.94. The van der Waals surface area contributed by atoms with E-state index in [1.165, 1.54) is 0 Å². The van der Waals surface area contributed by atoms with E-state index in [9.17, 15) is 4.79 Å². The molecular weight excluding hydrogens is 248 g/mol. The molecule has 0 radical (unpaired) electrons. The van der Waals surface area contributed by atoms with Crippen LogP contribution >= 0.6 is 12.2 Å². The van der Waals surface area contributed by atoms with Gasteiger partial charge in [0, 0.05) is 5.69 Å². The van der Waals surface area contributed by atoms with Gasteiger partial charge in [0.2, 0.25) is 5.91 Å². The fraction of sp³-hybridized carbons (Fsp3) is 0.385. The number of nitrogens with two attached hydrogens (primary N) is 1. The molecule has 0 aromatic heterocycles. The molecule has 0 saturated carbocycles. The fourth-order valence-corrected chi connectivity index (χ4v) is 2.05. The molecule has 4 nitrogen and oxygen atoms in total. The van der Waals surface area contributed by atoms with E-state index in [0.717, 1.165) is 5.56 Å². The van der Waals surface area contributed by atoms with Crippen LogP contribution in [0.4, 0.5) is 5.69 Å². The summed E-state index contributed by atoms with van der Waals surface area (Å²) in [4.78, 5) is 12.2. The molecule has 0 bridgehead atoms. The molecule has 1 aromatic rings. The van der Waals surface area contributed by atoms with Crippen LogP contribution in [0.15, 0.2) is 24.3 Å². The van der Waals surface area contributed by atoms with Crippen molar-refractivity contribution in [2.75, 3.05) is 5.32 Å². The minimum Gasteiger partial charge on any atom is -0.393 e. The maximum atomic E-state index is 12.0. The Morgan fingerprint density at radius 1 is 1.39 bits per heavy atom. The van der Waals surface area contributed by atoms with Gasteiger partial charge in [-0.3, -0.25) is 4.79 Å². The van der Waals surface area contributed by atoms with Crippen LogP contribution in [-0.2, 0) is 11.4 Å². The Morgan fingerprint density at radius 2 is 1.94 bits per heavy atom. The van der Waals surface area contributed by atoms with Crippen LogP contribution in [0.5, 0.6) is 0 Å². The highest BCUT2D eigenvalue weighted by Crippen LogP contribution is 2.16. The van der Waals surface area contributed by atoms with E-state index >= 15 is 0 Å². The average molecular weight is 266 g/mol. The lowest BCUT2D eigenvalue weighted by atomic mass is 9.95. The molecule has 98 valence electrons. The summed E-state index contributed by atoms with van der Waals surface area (Å²) in [7, 11) is 0. The Kier molecular flexibility index (Phi) is 5.25. The van der Waals surface area contributed by atoms with E-state index < -0.39 is 5.92 Å². The van der Waals surface area contributed by atoms with Crippen molar-refractivity contribution < 1.29 is 9.90 Å². The lowest BCUT2D eigenvalue weighted by molar-refractivity contribution is -0.118. The molecule has 0 spiro atoms. The third-order valence-electron chi connectivity index (χ3n) is 2.66. The zero-order valence-corrected chi connectivity index (χ0v) is 11.3. The van der Waals surface area contributed by atoms with Gasteiger partial charge in [0.25, 0.3) is 0 Å². The molecule has 18 heavy (non-hydrogen) atoms. The zero-order valence-electron chi connectivity index (χ0n) is 10.5. The summed E-state index contributed by atoms with van der Waals surface area (Å²) in [6, 6.07) is 6.97. The number of thiocarbonyl (C=S) groups is 1. The van der Waals surface area contributed by atoms with E-state index in [4.69, 9.17) is 23.1 Å². The van der Waals surface area contributed by atoms with Gasteiger partial charge in [-0.05, 0) is 23.6 Å². The number of carbonyl (C=O) groups is 1. The summed E-state index contributed by atoms with van der Waals surface area (Å²) in [5.41, 5.74) is 7.04. The number of aliphatic hydroxyl groups is 1. The molecule has 0 fully saturated rings. The minimum absolute atomic E-state index is 0.0181. The van der Waals surface area contributed by atoms with Crippen molar-refractivity contribution in [2.24, 2.45) is 17.6 Å². The Hall–Kier alpha value is -1.46. The number of rotatable bonds is 5. The number of amides is 1. The van der Waals surface area contributed by atoms with Crippen molar-refractivity contribution in [2.45, 2.75) is 20.5 Å². The van der Waals surface area contributed by atoms with Gasteiger partial charge < -0.3 is 16.2 Å². The van der Waals surface area contributed by atoms with Crippen molar-refractivity contribution in [1.29, 1.82) is 0 Å². The Bertz CT molecular complexity index is 429. The standard InChI is InChI=1S/C13H18N2O2S/c1-8(2)11(12(14)18)13(17)15-10-5-3-9(7-16)4-6-10/h3-6,8,11,16H,7H2,1-2H3,(H2,14,18)(H,15,17). The van der Waals surface area contributed by atoms with Gasteiger partial charge in [-0.2, -0.15) is 0 Å². The lowest BCUT2D eigenvalue weighted by Gasteiger charge is -2.18. The summed E-state index contributed by atoms with van der Waals surface area (Å²) in [5.74, 6) is -0.619. The summed E-state index contributed by atoms with van der Waals surface area (Å²) in [6.45, 7) is 3.78. The molecular formula is C13H18N2O2S. The van der Waals surface area contributed by atoms with E-state index in [2.05, 4.69) is 5.32 Å². The van der Waals surface area contributed by atoms with Crippen molar-refractivity contribution in [3.63, 3.8) is 0 Å². The highest BCUT2D eigenvalue weighted by molar-refractivity contribution is 7.80. The molecule has 5 heteroatoms. The summed E-state index contributed by atoms with van der Waals surface area (Å²) in [6.07, 6.45) is 0. The average Bonchev–Trinajstić information content (AvgIpc) is 2.28. The summed E-state index contributed by atoms with van der Waals surface area (Å²) in [5, 5.41) is 11.7. The number of benzene rings is 1.